The number of hydrogen-bond donors (Lipinski definition) is 2. The summed E-state index contributed by atoms with van der Waals surface area (Å²) in [6.45, 7) is 4.98. The highest BCUT2D eigenvalue weighted by Gasteiger charge is 2.06. The van der Waals surface area contributed by atoms with Gasteiger partial charge in [0.2, 0.25) is 5.91 Å². The Labute approximate surface area is 133 Å². The molecule has 0 aliphatic heterocycles. The van der Waals surface area contributed by atoms with Crippen LogP contribution in [0.3, 0.4) is 0 Å². The summed E-state index contributed by atoms with van der Waals surface area (Å²) in [7, 11) is 0. The van der Waals surface area contributed by atoms with E-state index in [2.05, 4.69) is 26.6 Å². The van der Waals surface area contributed by atoms with E-state index in [4.69, 9.17) is 4.74 Å². The Kier molecular flexibility index (Phi) is 8.00. The van der Waals surface area contributed by atoms with E-state index in [1.807, 2.05) is 25.1 Å². The maximum Gasteiger partial charge on any atom is 0.305 e. The molecule has 1 aromatic rings. The standard InChI is InChI=1S/C15H21BrN2O3/c1-3-21-15(20)5-4-8-17-10-14(19)18-13-7-6-11(2)9-12(13)16/h6-7,9,17H,3-5,8,10H2,1-2H3,(H,18,19). The summed E-state index contributed by atoms with van der Waals surface area (Å²) in [5, 5.41) is 5.82. The molecule has 0 unspecified atom stereocenters. The lowest BCUT2D eigenvalue weighted by Gasteiger charge is -2.09. The molecule has 116 valence electrons. The molecule has 1 aromatic carbocycles. The van der Waals surface area contributed by atoms with Gasteiger partial charge in [-0.25, -0.2) is 0 Å². The molecular weight excluding hydrogens is 336 g/mol. The van der Waals surface area contributed by atoms with E-state index in [0.29, 0.717) is 26.0 Å². The van der Waals surface area contributed by atoms with Crippen LogP contribution in [0.25, 0.3) is 0 Å². The minimum absolute atomic E-state index is 0.115. The number of amides is 1. The van der Waals surface area contributed by atoms with Crippen molar-refractivity contribution in [1.29, 1.82) is 0 Å². The van der Waals surface area contributed by atoms with Gasteiger partial charge in [0.05, 0.1) is 18.8 Å². The van der Waals surface area contributed by atoms with E-state index in [9.17, 15) is 9.59 Å². The first-order valence-corrected chi connectivity index (χ1v) is 7.74. The number of carbonyl (C=O) groups excluding carboxylic acids is 2. The Morgan fingerprint density at radius 1 is 1.33 bits per heavy atom. The number of anilines is 1. The van der Waals surface area contributed by atoms with Crippen LogP contribution >= 0.6 is 15.9 Å². The monoisotopic (exact) mass is 356 g/mol. The van der Waals surface area contributed by atoms with Crippen molar-refractivity contribution >= 4 is 33.5 Å². The van der Waals surface area contributed by atoms with Crippen molar-refractivity contribution in [3.05, 3.63) is 28.2 Å². The van der Waals surface area contributed by atoms with Crippen LogP contribution in [0.4, 0.5) is 5.69 Å². The lowest BCUT2D eigenvalue weighted by molar-refractivity contribution is -0.143. The second-order valence-electron chi connectivity index (χ2n) is 4.62. The van der Waals surface area contributed by atoms with Crippen LogP contribution < -0.4 is 10.6 Å². The first-order valence-electron chi connectivity index (χ1n) is 6.95. The number of benzene rings is 1. The molecule has 0 aliphatic rings. The molecule has 0 saturated carbocycles. The third kappa shape index (κ3) is 7.24. The van der Waals surface area contributed by atoms with Gasteiger partial charge in [-0.2, -0.15) is 0 Å². The number of carbonyl (C=O) groups is 2. The van der Waals surface area contributed by atoms with Gasteiger partial charge >= 0.3 is 5.97 Å². The number of rotatable bonds is 8. The summed E-state index contributed by atoms with van der Waals surface area (Å²) < 4.78 is 5.68. The predicted molar refractivity (Wildman–Crippen MR) is 86.2 cm³/mol. The van der Waals surface area contributed by atoms with Crippen molar-refractivity contribution in [2.75, 3.05) is 25.0 Å². The summed E-state index contributed by atoms with van der Waals surface area (Å²) in [6, 6.07) is 5.74. The zero-order chi connectivity index (χ0) is 15.7. The topological polar surface area (TPSA) is 67.4 Å². The average molecular weight is 357 g/mol. The predicted octanol–water partition coefficient (Wildman–Crippen LogP) is 2.63. The first-order chi connectivity index (χ1) is 10.0. The molecule has 0 bridgehead atoms. The Morgan fingerprint density at radius 3 is 2.76 bits per heavy atom. The Balaban J connectivity index is 2.21. The van der Waals surface area contributed by atoms with E-state index in [-0.39, 0.29) is 18.4 Å². The van der Waals surface area contributed by atoms with Crippen LogP contribution in [0.5, 0.6) is 0 Å². The number of ether oxygens (including phenoxy) is 1. The van der Waals surface area contributed by atoms with Crippen LogP contribution in [-0.2, 0) is 14.3 Å². The van der Waals surface area contributed by atoms with Crippen LogP contribution in [-0.4, -0.2) is 31.6 Å². The highest BCUT2D eigenvalue weighted by Crippen LogP contribution is 2.23. The second-order valence-corrected chi connectivity index (χ2v) is 5.47. The first kappa shape index (κ1) is 17.7. The van der Waals surface area contributed by atoms with Crippen molar-refractivity contribution in [1.82, 2.24) is 5.32 Å². The lowest BCUT2D eigenvalue weighted by atomic mass is 10.2. The summed E-state index contributed by atoms with van der Waals surface area (Å²) in [5.41, 5.74) is 1.87. The molecule has 0 radical (unpaired) electrons. The molecular formula is C15H21BrN2O3. The summed E-state index contributed by atoms with van der Waals surface area (Å²) in [6.07, 6.45) is 1.02. The largest absolute Gasteiger partial charge is 0.466 e. The number of hydrogen-bond acceptors (Lipinski definition) is 4. The third-order valence-corrected chi connectivity index (χ3v) is 3.38. The zero-order valence-electron chi connectivity index (χ0n) is 12.4. The van der Waals surface area contributed by atoms with E-state index >= 15 is 0 Å². The third-order valence-electron chi connectivity index (χ3n) is 2.72. The van der Waals surface area contributed by atoms with Gasteiger partial charge in [0.25, 0.3) is 0 Å². The average Bonchev–Trinajstić information content (AvgIpc) is 2.42. The molecule has 6 heteroatoms. The lowest BCUT2D eigenvalue weighted by Crippen LogP contribution is -2.29. The summed E-state index contributed by atoms with van der Waals surface area (Å²) >= 11 is 3.41. The number of nitrogens with one attached hydrogen (secondary N) is 2. The van der Waals surface area contributed by atoms with Crippen LogP contribution in [0.2, 0.25) is 0 Å². The summed E-state index contributed by atoms with van der Waals surface area (Å²) in [4.78, 5) is 22.9. The van der Waals surface area contributed by atoms with Crippen LogP contribution in [0, 0.1) is 6.92 Å². The molecule has 21 heavy (non-hydrogen) atoms. The quantitative estimate of drug-likeness (QED) is 0.555. The van der Waals surface area contributed by atoms with Crippen molar-refractivity contribution in [2.24, 2.45) is 0 Å². The van der Waals surface area contributed by atoms with Crippen molar-refractivity contribution < 1.29 is 14.3 Å². The molecule has 2 N–H and O–H groups in total. The highest BCUT2D eigenvalue weighted by atomic mass is 79.9. The Hall–Kier alpha value is -1.40. The van der Waals surface area contributed by atoms with Gasteiger partial charge < -0.3 is 15.4 Å². The van der Waals surface area contributed by atoms with Gasteiger partial charge in [-0.15, -0.1) is 0 Å². The van der Waals surface area contributed by atoms with Crippen LogP contribution in [0.15, 0.2) is 22.7 Å². The molecule has 0 spiro atoms. The molecule has 0 aromatic heterocycles. The Bertz CT molecular complexity index is 492. The van der Waals surface area contributed by atoms with Gasteiger partial charge in [-0.05, 0) is 60.4 Å². The molecule has 0 atom stereocenters. The molecule has 1 rings (SSSR count). The normalized spacial score (nSPS) is 10.2. The van der Waals surface area contributed by atoms with Gasteiger partial charge in [-0.1, -0.05) is 6.07 Å². The van der Waals surface area contributed by atoms with E-state index < -0.39 is 0 Å². The van der Waals surface area contributed by atoms with Crippen molar-refractivity contribution in [3.63, 3.8) is 0 Å². The molecule has 0 heterocycles. The molecule has 0 aliphatic carbocycles. The fourth-order valence-corrected chi connectivity index (χ4v) is 2.30. The van der Waals surface area contributed by atoms with Crippen molar-refractivity contribution in [2.45, 2.75) is 26.7 Å². The van der Waals surface area contributed by atoms with Gasteiger partial charge in [0.1, 0.15) is 0 Å². The second kappa shape index (κ2) is 9.52. The zero-order valence-corrected chi connectivity index (χ0v) is 14.0. The van der Waals surface area contributed by atoms with Gasteiger partial charge in [-0.3, -0.25) is 9.59 Å². The van der Waals surface area contributed by atoms with Crippen LogP contribution in [0.1, 0.15) is 25.3 Å². The number of aryl methyl sites for hydroxylation is 1. The van der Waals surface area contributed by atoms with Gasteiger partial charge in [0, 0.05) is 10.9 Å². The summed E-state index contributed by atoms with van der Waals surface area (Å²) in [5.74, 6) is -0.317. The van der Waals surface area contributed by atoms with E-state index in [0.717, 1.165) is 15.7 Å². The maximum atomic E-state index is 11.8. The fourth-order valence-electron chi connectivity index (χ4n) is 1.71. The van der Waals surface area contributed by atoms with E-state index in [1.54, 1.807) is 6.92 Å². The maximum absolute atomic E-state index is 11.8. The van der Waals surface area contributed by atoms with Crippen molar-refractivity contribution in [3.8, 4) is 0 Å². The molecule has 5 nitrogen and oxygen atoms in total. The fraction of sp³-hybridized carbons (Fsp3) is 0.467. The highest BCUT2D eigenvalue weighted by molar-refractivity contribution is 9.10. The number of esters is 1. The molecule has 0 fully saturated rings. The minimum Gasteiger partial charge on any atom is -0.466 e. The Morgan fingerprint density at radius 2 is 2.10 bits per heavy atom. The molecule has 1 amide bonds. The molecule has 0 saturated heterocycles. The number of halogens is 1. The van der Waals surface area contributed by atoms with Gasteiger partial charge in [0.15, 0.2) is 0 Å². The minimum atomic E-state index is -0.202. The van der Waals surface area contributed by atoms with E-state index in [1.165, 1.54) is 0 Å². The smallest absolute Gasteiger partial charge is 0.305 e. The SMILES string of the molecule is CCOC(=O)CCCNCC(=O)Nc1ccc(C)cc1Br.